The van der Waals surface area contributed by atoms with Crippen LogP contribution in [-0.2, 0) is 11.2 Å². The van der Waals surface area contributed by atoms with Gasteiger partial charge in [-0.3, -0.25) is 20.4 Å². The number of rotatable bonds is 4. The van der Waals surface area contributed by atoms with Crippen LogP contribution in [-0.4, -0.2) is 11.8 Å². The SMILES string of the molecule is CCc1ccc(C(=O)NNC(=O)C=Cc2cccs2)cc1. The van der Waals surface area contributed by atoms with Crippen LogP contribution < -0.4 is 10.9 Å². The number of hydrazine groups is 1. The van der Waals surface area contributed by atoms with Gasteiger partial charge in [-0.05, 0) is 41.6 Å². The van der Waals surface area contributed by atoms with E-state index in [0.29, 0.717) is 5.56 Å². The molecule has 4 nitrogen and oxygen atoms in total. The molecule has 0 aliphatic rings. The van der Waals surface area contributed by atoms with Crippen LogP contribution in [0.4, 0.5) is 0 Å². The van der Waals surface area contributed by atoms with Crippen molar-refractivity contribution < 1.29 is 9.59 Å². The molecule has 2 aromatic rings. The Labute approximate surface area is 127 Å². The van der Waals surface area contributed by atoms with Crippen molar-refractivity contribution in [2.24, 2.45) is 0 Å². The molecule has 1 heterocycles. The van der Waals surface area contributed by atoms with Gasteiger partial charge in [0.2, 0.25) is 0 Å². The standard InChI is InChI=1S/C16H16N2O2S/c1-2-12-5-7-13(8-6-12)16(20)18-17-15(19)10-9-14-4-3-11-21-14/h3-11H,2H2,1H3,(H,17,19)(H,18,20). The number of carbonyl (C=O) groups is 2. The minimum atomic E-state index is -0.373. The number of benzene rings is 1. The molecule has 2 N–H and O–H groups in total. The van der Waals surface area contributed by atoms with Crippen LogP contribution in [0.25, 0.3) is 6.08 Å². The zero-order valence-electron chi connectivity index (χ0n) is 11.6. The fourth-order valence-electron chi connectivity index (χ4n) is 1.67. The molecular weight excluding hydrogens is 284 g/mol. The first-order chi connectivity index (χ1) is 10.2. The van der Waals surface area contributed by atoms with E-state index in [0.717, 1.165) is 16.9 Å². The van der Waals surface area contributed by atoms with E-state index >= 15 is 0 Å². The highest BCUT2D eigenvalue weighted by Crippen LogP contribution is 2.09. The van der Waals surface area contributed by atoms with Crippen LogP contribution in [0, 0.1) is 0 Å². The van der Waals surface area contributed by atoms with Gasteiger partial charge < -0.3 is 0 Å². The number of carbonyl (C=O) groups excluding carboxylic acids is 2. The van der Waals surface area contributed by atoms with Gasteiger partial charge in [0.1, 0.15) is 0 Å². The monoisotopic (exact) mass is 300 g/mol. The first-order valence-corrected chi connectivity index (χ1v) is 7.48. The van der Waals surface area contributed by atoms with Gasteiger partial charge >= 0.3 is 0 Å². The fraction of sp³-hybridized carbons (Fsp3) is 0.125. The maximum atomic E-state index is 11.8. The molecule has 21 heavy (non-hydrogen) atoms. The third kappa shape index (κ3) is 4.57. The van der Waals surface area contributed by atoms with Gasteiger partial charge in [0.25, 0.3) is 11.8 Å². The summed E-state index contributed by atoms with van der Waals surface area (Å²) in [4.78, 5) is 24.4. The van der Waals surface area contributed by atoms with Crippen LogP contribution in [0.5, 0.6) is 0 Å². The van der Waals surface area contributed by atoms with Gasteiger partial charge in [-0.15, -0.1) is 11.3 Å². The Bertz CT molecular complexity index is 631. The first-order valence-electron chi connectivity index (χ1n) is 6.60. The van der Waals surface area contributed by atoms with Crippen molar-refractivity contribution in [3.05, 3.63) is 63.9 Å². The number of hydrogen-bond donors (Lipinski definition) is 2. The Morgan fingerprint density at radius 3 is 2.52 bits per heavy atom. The summed E-state index contributed by atoms with van der Waals surface area (Å²) in [5.74, 6) is -0.711. The highest BCUT2D eigenvalue weighted by atomic mass is 32.1. The summed E-state index contributed by atoms with van der Waals surface area (Å²) in [6.07, 6.45) is 4.00. The Kier molecular flexibility index (Phi) is 5.29. The molecule has 0 spiro atoms. The molecule has 2 rings (SSSR count). The zero-order chi connectivity index (χ0) is 15.1. The van der Waals surface area contributed by atoms with Crippen LogP contribution in [0.15, 0.2) is 47.9 Å². The molecule has 1 aromatic heterocycles. The summed E-state index contributed by atoms with van der Waals surface area (Å²) in [6, 6.07) is 11.1. The highest BCUT2D eigenvalue weighted by Gasteiger charge is 2.05. The molecule has 2 amide bonds. The van der Waals surface area contributed by atoms with Gasteiger partial charge in [-0.1, -0.05) is 25.1 Å². The smallest absolute Gasteiger partial charge is 0.268 e. The number of thiophene rings is 1. The second kappa shape index (κ2) is 7.40. The van der Waals surface area contributed by atoms with Crippen molar-refractivity contribution in [1.29, 1.82) is 0 Å². The van der Waals surface area contributed by atoms with E-state index < -0.39 is 0 Å². The van der Waals surface area contributed by atoms with E-state index in [2.05, 4.69) is 17.8 Å². The summed E-state index contributed by atoms with van der Waals surface area (Å²) in [7, 11) is 0. The van der Waals surface area contributed by atoms with E-state index in [1.165, 1.54) is 17.4 Å². The van der Waals surface area contributed by atoms with Crippen molar-refractivity contribution in [2.75, 3.05) is 0 Å². The lowest BCUT2D eigenvalue weighted by atomic mass is 10.1. The second-order valence-electron chi connectivity index (χ2n) is 4.34. The van der Waals surface area contributed by atoms with Crippen molar-refractivity contribution in [2.45, 2.75) is 13.3 Å². The number of hydrogen-bond acceptors (Lipinski definition) is 3. The Balaban J connectivity index is 1.84. The molecule has 0 atom stereocenters. The van der Waals surface area contributed by atoms with Crippen LogP contribution in [0.1, 0.15) is 27.7 Å². The maximum absolute atomic E-state index is 11.8. The summed E-state index contributed by atoms with van der Waals surface area (Å²) in [5.41, 5.74) is 6.40. The average Bonchev–Trinajstić information content (AvgIpc) is 3.04. The third-order valence-electron chi connectivity index (χ3n) is 2.87. The maximum Gasteiger partial charge on any atom is 0.269 e. The van der Waals surface area contributed by atoms with Crippen LogP contribution >= 0.6 is 11.3 Å². The van der Waals surface area contributed by atoms with Gasteiger partial charge in [-0.2, -0.15) is 0 Å². The van der Waals surface area contributed by atoms with Crippen molar-refractivity contribution in [1.82, 2.24) is 10.9 Å². The Morgan fingerprint density at radius 1 is 1.14 bits per heavy atom. The van der Waals surface area contributed by atoms with E-state index in [1.807, 2.05) is 29.6 Å². The fourth-order valence-corrected chi connectivity index (χ4v) is 2.29. The number of amides is 2. The average molecular weight is 300 g/mol. The first kappa shape index (κ1) is 15.0. The lowest BCUT2D eigenvalue weighted by Gasteiger charge is -2.05. The molecule has 1 aromatic carbocycles. The van der Waals surface area contributed by atoms with E-state index in [1.54, 1.807) is 18.2 Å². The molecule has 0 radical (unpaired) electrons. The summed E-state index contributed by atoms with van der Waals surface area (Å²) >= 11 is 1.54. The van der Waals surface area contributed by atoms with Crippen LogP contribution in [0.2, 0.25) is 0 Å². The second-order valence-corrected chi connectivity index (χ2v) is 5.32. The Morgan fingerprint density at radius 2 is 1.90 bits per heavy atom. The molecule has 0 unspecified atom stereocenters. The Hall–Kier alpha value is -2.40. The molecule has 0 aliphatic carbocycles. The van der Waals surface area contributed by atoms with Crippen LogP contribution in [0.3, 0.4) is 0 Å². The molecule has 0 bridgehead atoms. The quantitative estimate of drug-likeness (QED) is 0.674. The minimum absolute atomic E-state index is 0.337. The van der Waals surface area contributed by atoms with E-state index in [-0.39, 0.29) is 11.8 Å². The third-order valence-corrected chi connectivity index (χ3v) is 3.70. The molecular formula is C16H16N2O2S. The molecule has 0 saturated carbocycles. The molecule has 108 valence electrons. The van der Waals surface area contributed by atoms with Gasteiger partial charge in [0.05, 0.1) is 0 Å². The van der Waals surface area contributed by atoms with Gasteiger partial charge in [0, 0.05) is 16.5 Å². The largest absolute Gasteiger partial charge is 0.269 e. The zero-order valence-corrected chi connectivity index (χ0v) is 12.4. The summed E-state index contributed by atoms with van der Waals surface area (Å²) in [5, 5.41) is 1.93. The van der Waals surface area contributed by atoms with E-state index in [9.17, 15) is 9.59 Å². The van der Waals surface area contributed by atoms with E-state index in [4.69, 9.17) is 0 Å². The number of aryl methyl sites for hydroxylation is 1. The molecule has 0 saturated heterocycles. The molecule has 0 fully saturated rings. The van der Waals surface area contributed by atoms with Crippen molar-refractivity contribution >= 4 is 29.2 Å². The summed E-state index contributed by atoms with van der Waals surface area (Å²) < 4.78 is 0. The molecule has 0 aliphatic heterocycles. The highest BCUT2D eigenvalue weighted by molar-refractivity contribution is 7.10. The van der Waals surface area contributed by atoms with Gasteiger partial charge in [0.15, 0.2) is 0 Å². The minimum Gasteiger partial charge on any atom is -0.268 e. The van der Waals surface area contributed by atoms with Crippen molar-refractivity contribution in [3.63, 3.8) is 0 Å². The lowest BCUT2D eigenvalue weighted by molar-refractivity contribution is -0.117. The molecule has 5 heteroatoms. The summed E-state index contributed by atoms with van der Waals surface area (Å²) in [6.45, 7) is 2.05. The normalized spacial score (nSPS) is 10.5. The predicted molar refractivity (Wildman–Crippen MR) is 84.8 cm³/mol. The lowest BCUT2D eigenvalue weighted by Crippen LogP contribution is -2.40. The topological polar surface area (TPSA) is 58.2 Å². The van der Waals surface area contributed by atoms with Gasteiger partial charge in [-0.25, -0.2) is 0 Å². The predicted octanol–water partition coefficient (Wildman–Crippen LogP) is 2.78. The van der Waals surface area contributed by atoms with Crippen molar-refractivity contribution in [3.8, 4) is 0 Å². The number of nitrogens with one attached hydrogen (secondary N) is 2.